The molecule has 0 spiro atoms. The maximum Gasteiger partial charge on any atom is 0.242 e. The van der Waals surface area contributed by atoms with Gasteiger partial charge in [0.05, 0.1) is 30.9 Å². The number of carbonyl (C=O) groups excluding carboxylic acids is 3. The average molecular weight is 508 g/mol. The van der Waals surface area contributed by atoms with Crippen molar-refractivity contribution in [3.63, 3.8) is 0 Å². The van der Waals surface area contributed by atoms with Crippen molar-refractivity contribution in [2.45, 2.75) is 56.7 Å². The van der Waals surface area contributed by atoms with Crippen molar-refractivity contribution >= 4 is 28.6 Å². The van der Waals surface area contributed by atoms with Crippen molar-refractivity contribution in [2.24, 2.45) is 11.5 Å². The van der Waals surface area contributed by atoms with Gasteiger partial charge in [-0.15, -0.1) is 0 Å². The number of amides is 3. The minimum absolute atomic E-state index is 0.232. The van der Waals surface area contributed by atoms with Crippen molar-refractivity contribution in [1.29, 1.82) is 0 Å². The first-order valence-electron chi connectivity index (χ1n) is 12.3. The molecular formula is C27H33N5O5. The van der Waals surface area contributed by atoms with Crippen molar-refractivity contribution in [3.8, 4) is 0 Å². The molecule has 7 N–H and O–H groups in total. The zero-order valence-electron chi connectivity index (χ0n) is 20.7. The highest BCUT2D eigenvalue weighted by atomic mass is 16.5. The summed E-state index contributed by atoms with van der Waals surface area (Å²) in [5.41, 5.74) is 13.9. The summed E-state index contributed by atoms with van der Waals surface area (Å²) >= 11 is 0. The second-order valence-corrected chi connectivity index (χ2v) is 9.48. The number of nitrogens with one attached hydrogen (secondary N) is 2. The Hall–Kier alpha value is -3.73. The minimum Gasteiger partial charge on any atom is -0.391 e. The van der Waals surface area contributed by atoms with Gasteiger partial charge in [0.1, 0.15) is 6.04 Å². The summed E-state index contributed by atoms with van der Waals surface area (Å²) in [6, 6.07) is 14.4. The Kier molecular flexibility index (Phi) is 8.22. The number of likely N-dealkylation sites (tertiary alicyclic amines) is 1. The number of nitrogens with two attached hydrogens (primary N) is 2. The van der Waals surface area contributed by atoms with E-state index in [4.69, 9.17) is 16.2 Å². The van der Waals surface area contributed by atoms with Crippen LogP contribution in [0.4, 0.5) is 0 Å². The highest BCUT2D eigenvalue weighted by Crippen LogP contribution is 2.28. The molecule has 4 rings (SSSR count). The van der Waals surface area contributed by atoms with E-state index in [0.717, 1.165) is 22.0 Å². The summed E-state index contributed by atoms with van der Waals surface area (Å²) in [6.45, 7) is 2.02. The Bertz CT molecular complexity index is 1240. The molecule has 3 aromatic rings. The number of para-hydroxylation sites is 1. The van der Waals surface area contributed by atoms with E-state index >= 15 is 0 Å². The fraction of sp³-hybridized carbons (Fsp3) is 0.370. The van der Waals surface area contributed by atoms with Crippen LogP contribution in [0.3, 0.4) is 0 Å². The van der Waals surface area contributed by atoms with E-state index in [9.17, 15) is 19.5 Å². The molecule has 3 amide bonds. The molecule has 0 aliphatic carbocycles. The quantitative estimate of drug-likeness (QED) is 0.255. The molecular weight excluding hydrogens is 474 g/mol. The molecule has 196 valence electrons. The van der Waals surface area contributed by atoms with Gasteiger partial charge in [-0.25, -0.2) is 0 Å². The zero-order valence-corrected chi connectivity index (χ0v) is 20.7. The maximum absolute atomic E-state index is 13.6. The fourth-order valence-electron chi connectivity index (χ4n) is 4.90. The number of hydrogen-bond acceptors (Lipinski definition) is 6. The van der Waals surface area contributed by atoms with Crippen molar-refractivity contribution < 1.29 is 24.2 Å². The molecule has 1 aliphatic heterocycles. The lowest BCUT2D eigenvalue weighted by molar-refractivity contribution is -0.134. The van der Waals surface area contributed by atoms with Gasteiger partial charge < -0.3 is 31.6 Å². The van der Waals surface area contributed by atoms with Crippen LogP contribution < -0.4 is 16.8 Å². The van der Waals surface area contributed by atoms with Crippen molar-refractivity contribution in [1.82, 2.24) is 15.2 Å². The molecule has 0 radical (unpaired) electrons. The number of nitrogens with zero attached hydrogens (tertiary/aromatic N) is 1. The summed E-state index contributed by atoms with van der Waals surface area (Å²) in [7, 11) is 0. The molecule has 2 heterocycles. The van der Waals surface area contributed by atoms with E-state index in [1.807, 2.05) is 60.8 Å². The van der Waals surface area contributed by atoms with Gasteiger partial charge in [0.25, 0.3) is 0 Å². The zero-order chi connectivity index (χ0) is 26.5. The molecule has 0 saturated carbocycles. The molecule has 0 bridgehead atoms. The summed E-state index contributed by atoms with van der Waals surface area (Å²) < 4.78 is 6.09. The fourth-order valence-corrected chi connectivity index (χ4v) is 4.90. The second kappa shape index (κ2) is 11.5. The topological polar surface area (TPSA) is 164 Å². The number of H-pyrrole nitrogens is 1. The smallest absolute Gasteiger partial charge is 0.242 e. The average Bonchev–Trinajstić information content (AvgIpc) is 3.49. The van der Waals surface area contributed by atoms with Crippen LogP contribution in [0.1, 0.15) is 24.5 Å². The van der Waals surface area contributed by atoms with Gasteiger partial charge in [-0.1, -0.05) is 48.5 Å². The van der Waals surface area contributed by atoms with E-state index < -0.39 is 42.0 Å². The molecule has 1 fully saturated rings. The Balaban J connectivity index is 1.61. The number of aromatic amines is 1. The molecule has 10 nitrogen and oxygen atoms in total. The molecule has 2 unspecified atom stereocenters. The monoisotopic (exact) mass is 507 g/mol. The normalized spacial score (nSPS) is 20.4. The third kappa shape index (κ3) is 6.16. The Labute approximate surface area is 214 Å². The Morgan fingerprint density at radius 3 is 2.51 bits per heavy atom. The van der Waals surface area contributed by atoms with Crippen LogP contribution in [0.2, 0.25) is 0 Å². The largest absolute Gasteiger partial charge is 0.391 e. The molecule has 37 heavy (non-hydrogen) atoms. The first-order valence-corrected chi connectivity index (χ1v) is 12.3. The molecule has 10 heteroatoms. The molecule has 1 aromatic heterocycles. The molecule has 5 atom stereocenters. The number of benzene rings is 2. The second-order valence-electron chi connectivity index (χ2n) is 9.48. The van der Waals surface area contributed by atoms with Gasteiger partial charge in [-0.05, 0) is 37.0 Å². The first-order chi connectivity index (χ1) is 17.7. The molecule has 1 saturated heterocycles. The van der Waals surface area contributed by atoms with Gasteiger partial charge in [-0.3, -0.25) is 19.3 Å². The Morgan fingerprint density at radius 1 is 1.14 bits per heavy atom. The first kappa shape index (κ1) is 26.3. The van der Waals surface area contributed by atoms with Crippen LogP contribution in [0.25, 0.3) is 10.9 Å². The standard InChI is InChI=1S/C27H33N5O5/c1-16(33)24(26(29)35)31-27(36)23(11-18-13-30-21-10-6-5-9-20(18)21)32-14-19(12-22(32)25(28)34)37-15-17-7-3-2-4-8-17/h2-10,13,16,19,22-24,30,33H,11-12,14-15H2,1H3,(H2,28,34)(H2,29,35)(H,31,36)/t16-,19?,22?,23+,24+/m1/s1. The number of primary amides is 2. The van der Waals surface area contributed by atoms with Gasteiger partial charge in [0.15, 0.2) is 0 Å². The van der Waals surface area contributed by atoms with Gasteiger partial charge in [0.2, 0.25) is 17.7 Å². The van der Waals surface area contributed by atoms with E-state index in [1.54, 1.807) is 4.90 Å². The van der Waals surface area contributed by atoms with E-state index in [2.05, 4.69) is 10.3 Å². The van der Waals surface area contributed by atoms with Crippen molar-refractivity contribution in [2.75, 3.05) is 6.54 Å². The summed E-state index contributed by atoms with van der Waals surface area (Å²) in [4.78, 5) is 42.9. The van der Waals surface area contributed by atoms with Gasteiger partial charge >= 0.3 is 0 Å². The number of rotatable bonds is 11. The Morgan fingerprint density at radius 2 is 1.84 bits per heavy atom. The highest BCUT2D eigenvalue weighted by molar-refractivity contribution is 5.91. The van der Waals surface area contributed by atoms with E-state index in [1.165, 1.54) is 6.92 Å². The predicted molar refractivity (Wildman–Crippen MR) is 138 cm³/mol. The van der Waals surface area contributed by atoms with Gasteiger partial charge in [0, 0.05) is 23.6 Å². The SMILES string of the molecule is C[C@@H](O)[C@H](NC(=O)[C@H](Cc1c[nH]c2ccccc12)N1CC(OCc2ccccc2)CC1C(N)=O)C(N)=O. The number of carbonyl (C=O) groups is 3. The lowest BCUT2D eigenvalue weighted by Gasteiger charge is -2.32. The van der Waals surface area contributed by atoms with Crippen molar-refractivity contribution in [3.05, 3.63) is 71.9 Å². The summed E-state index contributed by atoms with van der Waals surface area (Å²) in [6.07, 6.45) is 0.859. The van der Waals surface area contributed by atoms with Crippen LogP contribution in [-0.2, 0) is 32.1 Å². The number of aliphatic hydroxyl groups excluding tert-OH is 1. The number of aliphatic hydroxyl groups is 1. The third-order valence-corrected chi connectivity index (χ3v) is 6.84. The number of ether oxygens (including phenoxy) is 1. The number of fused-ring (bicyclic) bond motifs is 1. The molecule has 1 aliphatic rings. The minimum atomic E-state index is -1.28. The number of hydrogen-bond donors (Lipinski definition) is 5. The van der Waals surface area contributed by atoms with Crippen LogP contribution in [0, 0.1) is 0 Å². The van der Waals surface area contributed by atoms with Crippen LogP contribution in [0.5, 0.6) is 0 Å². The number of aromatic nitrogens is 1. The lowest BCUT2D eigenvalue weighted by atomic mass is 10.0. The van der Waals surface area contributed by atoms with Crippen LogP contribution >= 0.6 is 0 Å². The van der Waals surface area contributed by atoms with Gasteiger partial charge in [-0.2, -0.15) is 0 Å². The summed E-state index contributed by atoms with van der Waals surface area (Å²) in [5, 5.41) is 13.5. The maximum atomic E-state index is 13.6. The highest BCUT2D eigenvalue weighted by Gasteiger charge is 2.43. The van der Waals surface area contributed by atoms with Crippen LogP contribution in [0.15, 0.2) is 60.8 Å². The van der Waals surface area contributed by atoms with Crippen LogP contribution in [-0.4, -0.2) is 69.6 Å². The predicted octanol–water partition coefficient (Wildman–Crippen LogP) is 0.575. The molecule has 2 aromatic carbocycles. The van der Waals surface area contributed by atoms with E-state index in [0.29, 0.717) is 13.0 Å². The third-order valence-electron chi connectivity index (χ3n) is 6.84. The lowest BCUT2D eigenvalue weighted by Crippen LogP contribution is -2.58. The summed E-state index contributed by atoms with van der Waals surface area (Å²) in [5.74, 6) is -1.96. The van der Waals surface area contributed by atoms with E-state index in [-0.39, 0.29) is 19.1 Å².